The summed E-state index contributed by atoms with van der Waals surface area (Å²) in [5.74, 6) is 0.574. The molecule has 10 aromatic rings. The molecule has 0 unspecified atom stereocenters. The number of hydrogen-bond acceptors (Lipinski definition) is 5. The van der Waals surface area contributed by atoms with Crippen LogP contribution in [0.5, 0.6) is 0 Å². The Morgan fingerprint density at radius 3 is 2.08 bits per heavy atom. The summed E-state index contributed by atoms with van der Waals surface area (Å²) in [7, 11) is 0. The topological polar surface area (TPSA) is 55.6 Å². The molecule has 5 nitrogen and oxygen atoms in total. The van der Waals surface area contributed by atoms with Crippen LogP contribution in [0.25, 0.3) is 77.6 Å². The summed E-state index contributed by atoms with van der Waals surface area (Å²) in [5.41, 5.74) is 10.9. The smallest absolute Gasteiger partial charge is 0.228 e. The quantitative estimate of drug-likeness (QED) is 0.192. The zero-order valence-corrected chi connectivity index (χ0v) is 25.6. The molecule has 48 heavy (non-hydrogen) atoms. The number of furan rings is 2. The van der Waals surface area contributed by atoms with Gasteiger partial charge in [0.1, 0.15) is 22.3 Å². The second-order valence-corrected chi connectivity index (χ2v) is 12.0. The van der Waals surface area contributed by atoms with Gasteiger partial charge in [-0.05, 0) is 71.8 Å². The second-order valence-electron chi connectivity index (χ2n) is 12.0. The Morgan fingerprint density at radius 1 is 0.438 bits per heavy atom. The van der Waals surface area contributed by atoms with Crippen molar-refractivity contribution in [1.29, 1.82) is 0 Å². The lowest BCUT2D eigenvalue weighted by Crippen LogP contribution is -2.10. The van der Waals surface area contributed by atoms with Gasteiger partial charge in [0.15, 0.2) is 11.2 Å². The third-order valence-corrected chi connectivity index (χ3v) is 9.10. The number of hydrogen-bond donors (Lipinski definition) is 0. The van der Waals surface area contributed by atoms with Crippen LogP contribution in [0.4, 0.5) is 17.1 Å². The molecular weight excluding hydrogens is 592 g/mol. The maximum atomic E-state index is 6.57. The van der Waals surface area contributed by atoms with Crippen LogP contribution in [0, 0.1) is 0 Å². The van der Waals surface area contributed by atoms with Gasteiger partial charge in [0, 0.05) is 38.9 Å². The van der Waals surface area contributed by atoms with Gasteiger partial charge < -0.3 is 18.2 Å². The van der Waals surface area contributed by atoms with Gasteiger partial charge in [0.05, 0.1) is 11.4 Å². The Hall–Kier alpha value is -6.59. The number of anilines is 3. The van der Waals surface area contributed by atoms with Crippen molar-refractivity contribution in [2.75, 3.05) is 4.90 Å². The normalized spacial score (nSPS) is 11.8. The summed E-state index contributed by atoms with van der Waals surface area (Å²) in [5, 5.41) is 4.13. The highest BCUT2D eigenvalue weighted by Gasteiger charge is 2.22. The minimum absolute atomic E-state index is 0.574. The van der Waals surface area contributed by atoms with E-state index in [9.17, 15) is 0 Å². The van der Waals surface area contributed by atoms with E-state index in [1.54, 1.807) is 0 Å². The predicted molar refractivity (Wildman–Crippen MR) is 194 cm³/mol. The van der Waals surface area contributed by atoms with Gasteiger partial charge in [-0.15, -0.1) is 0 Å². The van der Waals surface area contributed by atoms with E-state index in [0.29, 0.717) is 5.89 Å². The molecule has 3 heterocycles. The van der Waals surface area contributed by atoms with Gasteiger partial charge in [-0.25, -0.2) is 4.98 Å². The van der Waals surface area contributed by atoms with Crippen LogP contribution in [0.1, 0.15) is 0 Å². The van der Waals surface area contributed by atoms with E-state index in [-0.39, 0.29) is 0 Å². The molecule has 0 spiro atoms. The van der Waals surface area contributed by atoms with Crippen LogP contribution in [0.15, 0.2) is 171 Å². The number of nitrogens with zero attached hydrogens (tertiary/aromatic N) is 2. The molecule has 0 N–H and O–H groups in total. The fourth-order valence-corrected chi connectivity index (χ4v) is 6.91. The van der Waals surface area contributed by atoms with Gasteiger partial charge in [-0.2, -0.15) is 0 Å². The maximum absolute atomic E-state index is 6.57. The van der Waals surface area contributed by atoms with Crippen molar-refractivity contribution in [2.24, 2.45) is 0 Å². The Bertz CT molecular complexity index is 2770. The fourth-order valence-electron chi connectivity index (χ4n) is 6.91. The lowest BCUT2D eigenvalue weighted by Gasteiger charge is -2.26. The standard InChI is InChI=1S/C43H26N2O3/c1-2-11-27(12-3-1)28-13-8-14-29(25-28)45(36-19-9-16-32-31-15-4-6-20-37(31)47-42(32)36)30-23-24-33-40(26-30)46-39-22-10-17-34(41(33)39)43-44-35-18-5-7-21-38(35)48-43/h1-26H. The molecular formula is C43H26N2O3. The first kappa shape index (κ1) is 26.6. The summed E-state index contributed by atoms with van der Waals surface area (Å²) in [4.78, 5) is 7.05. The van der Waals surface area contributed by atoms with Crippen molar-refractivity contribution in [2.45, 2.75) is 0 Å². The van der Waals surface area contributed by atoms with Gasteiger partial charge in [0.2, 0.25) is 5.89 Å². The molecule has 0 aliphatic heterocycles. The zero-order valence-electron chi connectivity index (χ0n) is 25.6. The van der Waals surface area contributed by atoms with Crippen LogP contribution >= 0.6 is 0 Å². The summed E-state index contributed by atoms with van der Waals surface area (Å²) >= 11 is 0. The molecule has 3 aromatic heterocycles. The van der Waals surface area contributed by atoms with Crippen molar-refractivity contribution in [3.8, 4) is 22.6 Å². The van der Waals surface area contributed by atoms with E-state index >= 15 is 0 Å². The minimum Gasteiger partial charge on any atom is -0.456 e. The molecule has 7 aromatic carbocycles. The molecule has 0 radical (unpaired) electrons. The summed E-state index contributed by atoms with van der Waals surface area (Å²) in [6, 6.07) is 53.9. The largest absolute Gasteiger partial charge is 0.456 e. The highest BCUT2D eigenvalue weighted by atomic mass is 16.4. The zero-order chi connectivity index (χ0) is 31.6. The molecule has 0 aliphatic carbocycles. The maximum Gasteiger partial charge on any atom is 0.228 e. The van der Waals surface area contributed by atoms with Crippen LogP contribution in [0.2, 0.25) is 0 Å². The van der Waals surface area contributed by atoms with Crippen molar-refractivity contribution in [3.63, 3.8) is 0 Å². The van der Waals surface area contributed by atoms with E-state index in [1.165, 1.54) is 0 Å². The molecule has 5 heteroatoms. The van der Waals surface area contributed by atoms with Gasteiger partial charge in [-0.3, -0.25) is 0 Å². The first-order chi connectivity index (χ1) is 23.8. The predicted octanol–water partition coefficient (Wildman–Crippen LogP) is 12.4. The van der Waals surface area contributed by atoms with Crippen LogP contribution in [0.3, 0.4) is 0 Å². The van der Waals surface area contributed by atoms with E-state index in [1.807, 2.05) is 60.7 Å². The van der Waals surface area contributed by atoms with E-state index in [2.05, 4.69) is 102 Å². The van der Waals surface area contributed by atoms with Gasteiger partial charge in [0.25, 0.3) is 0 Å². The minimum atomic E-state index is 0.574. The average Bonchev–Trinajstić information content (AvgIpc) is 3.86. The molecule has 0 fully saturated rings. The van der Waals surface area contributed by atoms with Crippen molar-refractivity contribution in [3.05, 3.63) is 158 Å². The fraction of sp³-hybridized carbons (Fsp3) is 0. The Balaban J connectivity index is 1.19. The van der Waals surface area contributed by atoms with Gasteiger partial charge >= 0.3 is 0 Å². The molecule has 0 amide bonds. The highest BCUT2D eigenvalue weighted by Crippen LogP contribution is 2.45. The number of oxazole rings is 1. The summed E-state index contributed by atoms with van der Waals surface area (Å²) in [6.07, 6.45) is 0. The second kappa shape index (κ2) is 10.5. The van der Waals surface area contributed by atoms with Crippen molar-refractivity contribution < 1.29 is 13.3 Å². The van der Waals surface area contributed by atoms with Gasteiger partial charge in [-0.1, -0.05) is 91.0 Å². The van der Waals surface area contributed by atoms with Crippen molar-refractivity contribution in [1.82, 2.24) is 4.98 Å². The highest BCUT2D eigenvalue weighted by molar-refractivity contribution is 6.14. The number of aromatic nitrogens is 1. The lowest BCUT2D eigenvalue weighted by atomic mass is 10.0. The van der Waals surface area contributed by atoms with Crippen LogP contribution in [-0.4, -0.2) is 4.98 Å². The SMILES string of the molecule is c1ccc(-c2cccc(N(c3ccc4c(c3)oc3cccc(-c5nc6ccccc6o5)c34)c3cccc4c3oc3ccccc34)c2)cc1. The molecule has 0 atom stereocenters. The Kier molecular flexibility index (Phi) is 5.81. The molecule has 0 aliphatic rings. The van der Waals surface area contributed by atoms with E-state index in [4.69, 9.17) is 18.2 Å². The first-order valence-corrected chi connectivity index (χ1v) is 16.0. The van der Waals surface area contributed by atoms with Crippen LogP contribution < -0.4 is 4.90 Å². The van der Waals surface area contributed by atoms with E-state index < -0.39 is 0 Å². The first-order valence-electron chi connectivity index (χ1n) is 16.0. The van der Waals surface area contributed by atoms with Crippen molar-refractivity contribution >= 4 is 72.0 Å². The molecule has 0 saturated carbocycles. The molecule has 0 bridgehead atoms. The summed E-state index contributed by atoms with van der Waals surface area (Å²) in [6.45, 7) is 0. The Labute approximate surface area is 274 Å². The number of benzene rings is 7. The average molecular weight is 619 g/mol. The lowest BCUT2D eigenvalue weighted by molar-refractivity contribution is 0.620. The molecule has 0 saturated heterocycles. The number of fused-ring (bicyclic) bond motifs is 7. The third-order valence-electron chi connectivity index (χ3n) is 9.10. The summed E-state index contributed by atoms with van der Waals surface area (Å²) < 4.78 is 19.3. The monoisotopic (exact) mass is 618 g/mol. The molecule has 10 rings (SSSR count). The number of rotatable bonds is 5. The number of para-hydroxylation sites is 4. The van der Waals surface area contributed by atoms with E-state index in [0.717, 1.165) is 88.7 Å². The Morgan fingerprint density at radius 2 is 1.17 bits per heavy atom. The molecule has 226 valence electrons. The third kappa shape index (κ3) is 4.15. The van der Waals surface area contributed by atoms with Crippen LogP contribution in [-0.2, 0) is 0 Å².